The van der Waals surface area contributed by atoms with Crippen molar-refractivity contribution in [2.45, 2.75) is 36.0 Å². The van der Waals surface area contributed by atoms with Crippen molar-refractivity contribution in [3.8, 4) is 5.75 Å². The molecule has 0 aliphatic carbocycles. The average Bonchev–Trinajstić information content (AvgIpc) is 2.79. The first-order chi connectivity index (χ1) is 14.6. The monoisotopic (exact) mass is 424 g/mol. The maximum atomic E-state index is 11.2. The molecule has 1 atom stereocenters. The van der Waals surface area contributed by atoms with Gasteiger partial charge in [0.2, 0.25) is 0 Å². The van der Waals surface area contributed by atoms with Crippen molar-refractivity contribution in [1.29, 1.82) is 0 Å². The van der Waals surface area contributed by atoms with Crippen LogP contribution in [0.2, 0.25) is 0 Å². The molecule has 1 saturated heterocycles. The number of benzene rings is 2. The second kappa shape index (κ2) is 9.35. The smallest absolute Gasteiger partial charge is 0.198 e. The highest BCUT2D eigenvalue weighted by atomic mass is 32.2. The lowest BCUT2D eigenvalue weighted by molar-refractivity contribution is -0.0485. The molecular weight excluding hydrogens is 396 g/mol. The third-order valence-electron chi connectivity index (χ3n) is 5.84. The Balaban J connectivity index is 1.30. The van der Waals surface area contributed by atoms with E-state index in [1.165, 1.54) is 0 Å². The molecule has 0 bridgehead atoms. The van der Waals surface area contributed by atoms with Gasteiger partial charge in [0.15, 0.2) is 6.29 Å². The molecule has 1 aliphatic heterocycles. The third-order valence-corrected chi connectivity index (χ3v) is 6.61. The van der Waals surface area contributed by atoms with Gasteiger partial charge in [-0.1, -0.05) is 30.3 Å². The van der Waals surface area contributed by atoms with E-state index in [0.717, 1.165) is 41.0 Å². The quantitative estimate of drug-likeness (QED) is 0.441. The van der Waals surface area contributed by atoms with Crippen LogP contribution in [0.15, 0.2) is 65.7 Å². The molecular formula is C24H28N2O3S. The van der Waals surface area contributed by atoms with Crippen molar-refractivity contribution in [2.24, 2.45) is 0 Å². The Morgan fingerprint density at radius 1 is 1.13 bits per heavy atom. The molecule has 1 unspecified atom stereocenters. The van der Waals surface area contributed by atoms with Gasteiger partial charge in [-0.15, -0.1) is 11.8 Å². The van der Waals surface area contributed by atoms with Crippen LogP contribution in [0.25, 0.3) is 10.9 Å². The number of aliphatic hydroxyl groups excluding tert-OH is 1. The molecule has 1 aromatic heterocycles. The van der Waals surface area contributed by atoms with Crippen LogP contribution in [0.3, 0.4) is 0 Å². The molecule has 3 aromatic rings. The second-order valence-corrected chi connectivity index (χ2v) is 8.65. The predicted octanol–water partition coefficient (Wildman–Crippen LogP) is 4.03. The summed E-state index contributed by atoms with van der Waals surface area (Å²) in [6, 6.07) is 17.8. The minimum Gasteiger partial charge on any atom is -0.464 e. The number of thioether (sulfide) groups is 1. The zero-order chi connectivity index (χ0) is 21.0. The summed E-state index contributed by atoms with van der Waals surface area (Å²) in [5, 5.41) is 22.6. The molecule has 158 valence electrons. The molecule has 1 fully saturated rings. The van der Waals surface area contributed by atoms with Gasteiger partial charge in [-0.05, 0) is 43.4 Å². The summed E-state index contributed by atoms with van der Waals surface area (Å²) in [6.07, 6.45) is 4.79. The standard InChI is InChI=1S/C24H28N2O3S/c1-30-22-9-5-4-8-21(22)29-23(27)10-13-26-14-11-24(28,12-15-26)19-16-18-6-2-3-7-20(18)25-17-19/h2-9,16-17,23,27-28H,10-15H2,1H3. The summed E-state index contributed by atoms with van der Waals surface area (Å²) in [7, 11) is 0. The predicted molar refractivity (Wildman–Crippen MR) is 121 cm³/mol. The van der Waals surface area contributed by atoms with Crippen LogP contribution in [0.1, 0.15) is 24.8 Å². The number of aliphatic hydroxyl groups is 2. The van der Waals surface area contributed by atoms with Crippen LogP contribution in [-0.4, -0.2) is 52.3 Å². The Morgan fingerprint density at radius 3 is 2.67 bits per heavy atom. The van der Waals surface area contributed by atoms with E-state index in [9.17, 15) is 10.2 Å². The number of rotatable bonds is 7. The van der Waals surface area contributed by atoms with Crippen LogP contribution in [-0.2, 0) is 5.60 Å². The number of hydrogen-bond acceptors (Lipinski definition) is 6. The Hall–Kier alpha value is -2.12. The van der Waals surface area contributed by atoms with Crippen LogP contribution < -0.4 is 4.74 Å². The van der Waals surface area contributed by atoms with E-state index in [4.69, 9.17) is 4.74 Å². The van der Waals surface area contributed by atoms with E-state index < -0.39 is 11.9 Å². The van der Waals surface area contributed by atoms with Crippen molar-refractivity contribution in [1.82, 2.24) is 9.88 Å². The number of nitrogens with zero attached hydrogens (tertiary/aromatic N) is 2. The van der Waals surface area contributed by atoms with Gasteiger partial charge in [-0.2, -0.15) is 0 Å². The number of piperidine rings is 1. The summed E-state index contributed by atoms with van der Waals surface area (Å²) in [5.74, 6) is 0.717. The molecule has 1 aliphatic rings. The van der Waals surface area contributed by atoms with Crippen LogP contribution >= 0.6 is 11.8 Å². The van der Waals surface area contributed by atoms with Gasteiger partial charge in [0.05, 0.1) is 11.1 Å². The van der Waals surface area contributed by atoms with E-state index in [-0.39, 0.29) is 0 Å². The molecule has 0 radical (unpaired) electrons. The van der Waals surface area contributed by atoms with Gasteiger partial charge >= 0.3 is 0 Å². The van der Waals surface area contributed by atoms with Crippen LogP contribution in [0, 0.1) is 0 Å². The molecule has 0 spiro atoms. The molecule has 2 heterocycles. The highest BCUT2D eigenvalue weighted by Gasteiger charge is 2.34. The minimum absolute atomic E-state index is 0.526. The molecule has 0 amide bonds. The Kier molecular flexibility index (Phi) is 6.58. The lowest BCUT2D eigenvalue weighted by Crippen LogP contribution is -2.43. The molecule has 6 heteroatoms. The van der Waals surface area contributed by atoms with Crippen LogP contribution in [0.4, 0.5) is 0 Å². The Labute approximate surface area is 181 Å². The second-order valence-electron chi connectivity index (χ2n) is 7.80. The van der Waals surface area contributed by atoms with Crippen LogP contribution in [0.5, 0.6) is 5.75 Å². The fraction of sp³-hybridized carbons (Fsp3) is 0.375. The molecule has 0 saturated carbocycles. The van der Waals surface area contributed by atoms with Crippen molar-refractivity contribution >= 4 is 22.7 Å². The SMILES string of the molecule is CSc1ccccc1OC(O)CCN1CCC(O)(c2cnc3ccccc3c2)CC1. The van der Waals surface area contributed by atoms with E-state index in [2.05, 4.69) is 16.0 Å². The largest absolute Gasteiger partial charge is 0.464 e. The number of likely N-dealkylation sites (tertiary alicyclic amines) is 1. The molecule has 2 N–H and O–H groups in total. The first-order valence-corrected chi connectivity index (χ1v) is 11.6. The van der Waals surface area contributed by atoms with Gasteiger partial charge in [0, 0.05) is 48.1 Å². The van der Waals surface area contributed by atoms with Crippen molar-refractivity contribution in [3.05, 3.63) is 66.4 Å². The van der Waals surface area contributed by atoms with Crippen molar-refractivity contribution in [2.75, 3.05) is 25.9 Å². The summed E-state index contributed by atoms with van der Waals surface area (Å²) >= 11 is 1.60. The van der Waals surface area contributed by atoms with Gasteiger partial charge in [-0.3, -0.25) is 4.98 Å². The fourth-order valence-corrected chi connectivity index (χ4v) is 4.51. The van der Waals surface area contributed by atoms with E-state index in [1.807, 2.05) is 54.8 Å². The van der Waals surface area contributed by atoms with E-state index in [1.54, 1.807) is 18.0 Å². The Bertz CT molecular complexity index is 989. The maximum absolute atomic E-state index is 11.2. The van der Waals surface area contributed by atoms with Gasteiger partial charge in [0.25, 0.3) is 0 Å². The first-order valence-electron chi connectivity index (χ1n) is 10.4. The van der Waals surface area contributed by atoms with Crippen molar-refractivity contribution in [3.63, 3.8) is 0 Å². The third kappa shape index (κ3) is 4.78. The average molecular weight is 425 g/mol. The molecule has 2 aromatic carbocycles. The zero-order valence-electron chi connectivity index (χ0n) is 17.2. The van der Waals surface area contributed by atoms with Gasteiger partial charge < -0.3 is 19.8 Å². The van der Waals surface area contributed by atoms with Crippen molar-refractivity contribution < 1.29 is 14.9 Å². The van der Waals surface area contributed by atoms with E-state index >= 15 is 0 Å². The number of aromatic nitrogens is 1. The number of ether oxygens (including phenoxy) is 1. The summed E-state index contributed by atoms with van der Waals surface area (Å²) in [6.45, 7) is 2.28. The van der Waals surface area contributed by atoms with Gasteiger partial charge in [-0.25, -0.2) is 0 Å². The lowest BCUT2D eigenvalue weighted by atomic mass is 9.85. The maximum Gasteiger partial charge on any atom is 0.198 e. The lowest BCUT2D eigenvalue weighted by Gasteiger charge is -2.38. The summed E-state index contributed by atoms with van der Waals surface area (Å²) in [4.78, 5) is 7.80. The number of pyridine rings is 1. The Morgan fingerprint density at radius 2 is 1.87 bits per heavy atom. The topological polar surface area (TPSA) is 65.8 Å². The number of fused-ring (bicyclic) bond motifs is 1. The summed E-state index contributed by atoms with van der Waals surface area (Å²) < 4.78 is 5.73. The fourth-order valence-electron chi connectivity index (χ4n) is 3.98. The highest BCUT2D eigenvalue weighted by Crippen LogP contribution is 2.34. The minimum atomic E-state index is -0.847. The molecule has 4 rings (SSSR count). The number of hydrogen-bond donors (Lipinski definition) is 2. The molecule has 30 heavy (non-hydrogen) atoms. The summed E-state index contributed by atoms with van der Waals surface area (Å²) in [5.41, 5.74) is 0.983. The first kappa shape index (κ1) is 21.1. The highest BCUT2D eigenvalue weighted by molar-refractivity contribution is 7.98. The normalized spacial score (nSPS) is 17.7. The number of para-hydroxylation sites is 2. The molecule has 5 nitrogen and oxygen atoms in total. The van der Waals surface area contributed by atoms with Gasteiger partial charge in [0.1, 0.15) is 5.75 Å². The zero-order valence-corrected chi connectivity index (χ0v) is 18.0. The van der Waals surface area contributed by atoms with E-state index in [0.29, 0.717) is 25.0 Å².